The zero-order chi connectivity index (χ0) is 17.8. The van der Waals surface area contributed by atoms with Crippen molar-refractivity contribution in [1.29, 1.82) is 0 Å². The second-order valence-corrected chi connectivity index (χ2v) is 7.84. The molecule has 0 aliphatic carbocycles. The molecule has 1 N–H and O–H groups in total. The molecule has 1 aliphatic rings. The van der Waals surface area contributed by atoms with Crippen molar-refractivity contribution in [3.8, 4) is 5.75 Å². The standard InChI is InChI=1S/C20H26N2O2S/c1-14(2)12-21-13-19(23)22-10-8-18-17(9-11-25-18)20(22)15-4-6-16(24-3)7-5-15/h4-7,9,11,14,20-21H,8,10,12-13H2,1-3H3/t20-/m0/s1. The van der Waals surface area contributed by atoms with Gasteiger partial charge in [-0.15, -0.1) is 11.3 Å². The van der Waals surface area contributed by atoms with Gasteiger partial charge in [-0.05, 0) is 53.6 Å². The Kier molecular flexibility index (Phi) is 5.76. The Morgan fingerprint density at radius 1 is 1.32 bits per heavy atom. The van der Waals surface area contributed by atoms with Gasteiger partial charge in [0.05, 0.1) is 19.7 Å². The first kappa shape index (κ1) is 18.0. The summed E-state index contributed by atoms with van der Waals surface area (Å²) in [5.41, 5.74) is 2.40. The van der Waals surface area contributed by atoms with Crippen molar-refractivity contribution in [1.82, 2.24) is 10.2 Å². The fourth-order valence-corrected chi connectivity index (χ4v) is 4.20. The molecular formula is C20H26N2O2S. The van der Waals surface area contributed by atoms with E-state index in [0.29, 0.717) is 12.5 Å². The molecule has 1 aromatic carbocycles. The van der Waals surface area contributed by atoms with E-state index in [4.69, 9.17) is 4.74 Å². The Morgan fingerprint density at radius 2 is 2.08 bits per heavy atom. The Labute approximate surface area is 153 Å². The maximum absolute atomic E-state index is 12.9. The lowest BCUT2D eigenvalue weighted by atomic mass is 9.93. The molecular weight excluding hydrogens is 332 g/mol. The van der Waals surface area contributed by atoms with E-state index < -0.39 is 0 Å². The van der Waals surface area contributed by atoms with Crippen LogP contribution in [0.15, 0.2) is 35.7 Å². The average molecular weight is 359 g/mol. The summed E-state index contributed by atoms with van der Waals surface area (Å²) < 4.78 is 5.27. The predicted molar refractivity (Wildman–Crippen MR) is 102 cm³/mol. The smallest absolute Gasteiger partial charge is 0.237 e. The third-order valence-electron chi connectivity index (χ3n) is 4.55. The van der Waals surface area contributed by atoms with E-state index in [1.807, 2.05) is 17.0 Å². The van der Waals surface area contributed by atoms with Gasteiger partial charge in [-0.1, -0.05) is 26.0 Å². The summed E-state index contributed by atoms with van der Waals surface area (Å²) in [7, 11) is 1.67. The van der Waals surface area contributed by atoms with Crippen LogP contribution in [-0.4, -0.2) is 37.6 Å². The molecule has 0 unspecified atom stereocenters. The zero-order valence-electron chi connectivity index (χ0n) is 15.1. The number of nitrogens with zero attached hydrogens (tertiary/aromatic N) is 1. The molecule has 5 heteroatoms. The van der Waals surface area contributed by atoms with Crippen molar-refractivity contribution in [2.24, 2.45) is 5.92 Å². The summed E-state index contributed by atoms with van der Waals surface area (Å²) in [5, 5.41) is 5.41. The van der Waals surface area contributed by atoms with E-state index in [-0.39, 0.29) is 11.9 Å². The molecule has 3 rings (SSSR count). The third-order valence-corrected chi connectivity index (χ3v) is 5.54. The van der Waals surface area contributed by atoms with Crippen molar-refractivity contribution in [3.63, 3.8) is 0 Å². The first-order valence-corrected chi connectivity index (χ1v) is 9.68. The Balaban J connectivity index is 1.84. The van der Waals surface area contributed by atoms with E-state index in [2.05, 4.69) is 42.7 Å². The summed E-state index contributed by atoms with van der Waals surface area (Å²) >= 11 is 1.79. The number of methoxy groups -OCH3 is 1. The number of carbonyl (C=O) groups is 1. The van der Waals surface area contributed by atoms with Crippen LogP contribution in [0.25, 0.3) is 0 Å². The van der Waals surface area contributed by atoms with Crippen molar-refractivity contribution in [3.05, 3.63) is 51.7 Å². The highest BCUT2D eigenvalue weighted by Gasteiger charge is 2.32. The van der Waals surface area contributed by atoms with Crippen LogP contribution in [0.2, 0.25) is 0 Å². The number of hydrogen-bond donors (Lipinski definition) is 1. The van der Waals surface area contributed by atoms with E-state index >= 15 is 0 Å². The van der Waals surface area contributed by atoms with Crippen molar-refractivity contribution >= 4 is 17.2 Å². The minimum Gasteiger partial charge on any atom is -0.497 e. The molecule has 2 heterocycles. The molecule has 0 spiro atoms. The minimum absolute atomic E-state index is 0.00532. The number of rotatable bonds is 6. The molecule has 0 saturated carbocycles. The second-order valence-electron chi connectivity index (χ2n) is 6.84. The van der Waals surface area contributed by atoms with Gasteiger partial charge < -0.3 is 15.0 Å². The van der Waals surface area contributed by atoms with Crippen molar-refractivity contribution < 1.29 is 9.53 Å². The quantitative estimate of drug-likeness (QED) is 0.860. The number of carbonyl (C=O) groups excluding carboxylic acids is 1. The number of amides is 1. The lowest BCUT2D eigenvalue weighted by Crippen LogP contribution is -2.44. The molecule has 0 fully saturated rings. The zero-order valence-corrected chi connectivity index (χ0v) is 15.9. The Hall–Kier alpha value is -1.85. The lowest BCUT2D eigenvalue weighted by molar-refractivity contribution is -0.132. The fraction of sp³-hybridized carbons (Fsp3) is 0.450. The van der Waals surface area contributed by atoms with Crippen LogP contribution in [0.1, 0.15) is 35.9 Å². The van der Waals surface area contributed by atoms with Gasteiger partial charge in [-0.25, -0.2) is 0 Å². The van der Waals surface area contributed by atoms with Gasteiger partial charge in [0.15, 0.2) is 0 Å². The highest BCUT2D eigenvalue weighted by molar-refractivity contribution is 7.10. The highest BCUT2D eigenvalue weighted by atomic mass is 32.1. The van der Waals surface area contributed by atoms with E-state index in [1.165, 1.54) is 10.4 Å². The largest absolute Gasteiger partial charge is 0.497 e. The number of ether oxygens (including phenoxy) is 1. The van der Waals surface area contributed by atoms with Crippen LogP contribution in [0.4, 0.5) is 0 Å². The number of benzene rings is 1. The fourth-order valence-electron chi connectivity index (χ4n) is 3.30. The number of fused-ring (bicyclic) bond motifs is 1. The number of hydrogen-bond acceptors (Lipinski definition) is 4. The molecule has 134 valence electrons. The van der Waals surface area contributed by atoms with Gasteiger partial charge in [-0.3, -0.25) is 4.79 Å². The van der Waals surface area contributed by atoms with Gasteiger partial charge in [0.25, 0.3) is 0 Å². The Morgan fingerprint density at radius 3 is 2.76 bits per heavy atom. The predicted octanol–water partition coefficient (Wildman–Crippen LogP) is 3.48. The molecule has 1 aromatic heterocycles. The molecule has 2 aromatic rings. The first-order chi connectivity index (χ1) is 12.1. The van der Waals surface area contributed by atoms with E-state index in [9.17, 15) is 4.79 Å². The molecule has 25 heavy (non-hydrogen) atoms. The summed E-state index contributed by atoms with van der Waals surface area (Å²) in [6.45, 7) is 6.32. The Bertz CT molecular complexity index is 709. The number of thiophene rings is 1. The summed E-state index contributed by atoms with van der Waals surface area (Å²) in [4.78, 5) is 16.3. The van der Waals surface area contributed by atoms with Crippen LogP contribution >= 0.6 is 11.3 Å². The van der Waals surface area contributed by atoms with E-state index in [0.717, 1.165) is 30.8 Å². The van der Waals surface area contributed by atoms with Gasteiger partial charge in [0.2, 0.25) is 5.91 Å². The monoisotopic (exact) mass is 358 g/mol. The average Bonchev–Trinajstić information content (AvgIpc) is 3.09. The van der Waals surface area contributed by atoms with Crippen LogP contribution < -0.4 is 10.1 Å². The van der Waals surface area contributed by atoms with Gasteiger partial charge in [0, 0.05) is 11.4 Å². The minimum atomic E-state index is -0.00532. The van der Waals surface area contributed by atoms with Gasteiger partial charge >= 0.3 is 0 Å². The number of nitrogens with one attached hydrogen (secondary N) is 1. The van der Waals surface area contributed by atoms with E-state index in [1.54, 1.807) is 18.4 Å². The van der Waals surface area contributed by atoms with Crippen LogP contribution in [0, 0.1) is 5.92 Å². The van der Waals surface area contributed by atoms with Crippen molar-refractivity contribution in [2.75, 3.05) is 26.7 Å². The topological polar surface area (TPSA) is 41.6 Å². The molecule has 0 radical (unpaired) electrons. The van der Waals surface area contributed by atoms with Crippen LogP contribution in [0.5, 0.6) is 5.75 Å². The molecule has 0 saturated heterocycles. The summed E-state index contributed by atoms with van der Waals surface area (Å²) in [6.07, 6.45) is 0.940. The maximum Gasteiger partial charge on any atom is 0.237 e. The molecule has 0 bridgehead atoms. The van der Waals surface area contributed by atoms with Crippen LogP contribution in [-0.2, 0) is 11.2 Å². The maximum atomic E-state index is 12.9. The lowest BCUT2D eigenvalue weighted by Gasteiger charge is -2.36. The van der Waals surface area contributed by atoms with Crippen LogP contribution in [0.3, 0.4) is 0 Å². The normalized spacial score (nSPS) is 16.8. The highest BCUT2D eigenvalue weighted by Crippen LogP contribution is 2.38. The van der Waals surface area contributed by atoms with Gasteiger partial charge in [-0.2, -0.15) is 0 Å². The second kappa shape index (κ2) is 8.02. The molecule has 1 atom stereocenters. The van der Waals surface area contributed by atoms with Crippen molar-refractivity contribution in [2.45, 2.75) is 26.3 Å². The summed E-state index contributed by atoms with van der Waals surface area (Å²) in [5.74, 6) is 1.54. The third kappa shape index (κ3) is 4.05. The molecule has 1 aliphatic heterocycles. The molecule has 4 nitrogen and oxygen atoms in total. The van der Waals surface area contributed by atoms with Gasteiger partial charge in [0.1, 0.15) is 5.75 Å². The first-order valence-electron chi connectivity index (χ1n) is 8.80. The molecule has 1 amide bonds. The SMILES string of the molecule is COc1ccc([C@H]2c3ccsc3CCN2C(=O)CNCC(C)C)cc1. The summed E-state index contributed by atoms with van der Waals surface area (Å²) in [6, 6.07) is 10.2.